The molecular weight excluding hydrogens is 487 g/mol. The average Bonchev–Trinajstić information content (AvgIpc) is 3.56. The molecule has 190 valence electrons. The van der Waals surface area contributed by atoms with Crippen LogP contribution in [0.3, 0.4) is 0 Å². The van der Waals surface area contributed by atoms with Crippen LogP contribution in [0.1, 0.15) is 40.4 Å². The van der Waals surface area contributed by atoms with Crippen molar-refractivity contribution in [1.29, 1.82) is 0 Å². The Bertz CT molecular complexity index is 1520. The number of hydrogen-bond donors (Lipinski definition) is 0. The van der Waals surface area contributed by atoms with Gasteiger partial charge in [-0.1, -0.05) is 0 Å². The van der Waals surface area contributed by atoms with Gasteiger partial charge in [-0.2, -0.15) is 5.10 Å². The third-order valence-corrected chi connectivity index (χ3v) is 6.23. The van der Waals surface area contributed by atoms with E-state index in [0.717, 1.165) is 31.7 Å². The molecule has 1 aliphatic rings. The molecule has 3 heterocycles. The number of carbonyl (C=O) groups excluding carboxylic acids is 1. The molecule has 1 unspecified atom stereocenters. The lowest BCUT2D eigenvalue weighted by atomic mass is 10.0. The summed E-state index contributed by atoms with van der Waals surface area (Å²) in [6, 6.07) is 8.61. The number of nitrogens with zero attached hydrogens (tertiary/aromatic N) is 5. The van der Waals surface area contributed by atoms with Gasteiger partial charge in [0.15, 0.2) is 5.65 Å². The number of methoxy groups -OCH3 is 2. The summed E-state index contributed by atoms with van der Waals surface area (Å²) in [6.07, 6.45) is 4.67. The molecule has 0 radical (unpaired) electrons. The smallest absolute Gasteiger partial charge is 0.340 e. The van der Waals surface area contributed by atoms with Gasteiger partial charge in [0.1, 0.15) is 28.8 Å². The number of anilines is 1. The van der Waals surface area contributed by atoms with Crippen molar-refractivity contribution in [2.75, 3.05) is 25.7 Å². The van der Waals surface area contributed by atoms with Crippen molar-refractivity contribution in [3.63, 3.8) is 0 Å². The predicted octanol–water partition coefficient (Wildman–Crippen LogP) is 5.00. The molecule has 5 rings (SSSR count). The maximum absolute atomic E-state index is 14.6. The monoisotopic (exact) mass is 509 g/mol. The molecule has 1 atom stereocenters. The van der Waals surface area contributed by atoms with E-state index in [-0.39, 0.29) is 28.8 Å². The normalized spacial score (nSPS) is 15.9. The summed E-state index contributed by atoms with van der Waals surface area (Å²) in [5.74, 6) is -1.83. The first-order valence-electron chi connectivity index (χ1n) is 11.5. The van der Waals surface area contributed by atoms with E-state index in [9.17, 15) is 18.0 Å². The van der Waals surface area contributed by atoms with Gasteiger partial charge in [-0.05, 0) is 55.3 Å². The molecule has 1 saturated heterocycles. The Labute approximate surface area is 210 Å². The first kappa shape index (κ1) is 24.3. The summed E-state index contributed by atoms with van der Waals surface area (Å²) >= 11 is 0. The average molecular weight is 509 g/mol. The highest BCUT2D eigenvalue weighted by molar-refractivity contribution is 6.01. The van der Waals surface area contributed by atoms with Crippen LogP contribution in [-0.4, -0.2) is 47.2 Å². The van der Waals surface area contributed by atoms with E-state index >= 15 is 0 Å². The van der Waals surface area contributed by atoms with Crippen LogP contribution < -0.4 is 4.90 Å². The number of halogens is 3. The Hall–Kier alpha value is -4.41. The van der Waals surface area contributed by atoms with Gasteiger partial charge >= 0.3 is 5.97 Å². The van der Waals surface area contributed by atoms with Crippen molar-refractivity contribution in [1.82, 2.24) is 14.6 Å². The van der Waals surface area contributed by atoms with Crippen LogP contribution >= 0.6 is 0 Å². The fourth-order valence-corrected chi connectivity index (χ4v) is 4.49. The van der Waals surface area contributed by atoms with Gasteiger partial charge in [0.05, 0.1) is 37.7 Å². The molecular formula is C26H22F3N5O3. The first-order chi connectivity index (χ1) is 17.9. The Balaban J connectivity index is 1.53. The Morgan fingerprint density at radius 2 is 1.84 bits per heavy atom. The fraction of sp³-hybridized carbons (Fsp3) is 0.231. The first-order valence-corrected chi connectivity index (χ1v) is 11.5. The minimum atomic E-state index is -0.828. The SMILES string of the molecule is COC(=O)c1cc(N=C(OC)c2cnn3ccc(N4CCCC4c4cc(F)ccc4F)nc23)ccc1F. The van der Waals surface area contributed by atoms with Gasteiger partial charge < -0.3 is 14.4 Å². The highest BCUT2D eigenvalue weighted by Gasteiger charge is 2.30. The number of rotatable bonds is 5. The molecule has 4 aromatic rings. The molecule has 2 aromatic heterocycles. The molecule has 1 fully saturated rings. The number of aromatic nitrogens is 3. The lowest BCUT2D eigenvalue weighted by Gasteiger charge is -2.26. The molecule has 0 spiro atoms. The zero-order chi connectivity index (χ0) is 26.1. The van der Waals surface area contributed by atoms with Crippen LogP contribution in [0.15, 0.2) is 59.9 Å². The van der Waals surface area contributed by atoms with E-state index in [2.05, 4.69) is 14.8 Å². The minimum Gasteiger partial charge on any atom is -0.480 e. The highest BCUT2D eigenvalue weighted by Crippen LogP contribution is 2.37. The van der Waals surface area contributed by atoms with Crippen molar-refractivity contribution in [3.8, 4) is 0 Å². The lowest BCUT2D eigenvalue weighted by molar-refractivity contribution is 0.0595. The largest absolute Gasteiger partial charge is 0.480 e. The summed E-state index contributed by atoms with van der Waals surface area (Å²) in [5, 5.41) is 4.30. The van der Waals surface area contributed by atoms with Crippen LogP contribution in [0.5, 0.6) is 0 Å². The Morgan fingerprint density at radius 3 is 2.62 bits per heavy atom. The zero-order valence-electron chi connectivity index (χ0n) is 20.0. The number of benzene rings is 2. The van der Waals surface area contributed by atoms with Gasteiger partial charge in [0.2, 0.25) is 5.90 Å². The molecule has 37 heavy (non-hydrogen) atoms. The molecule has 2 aromatic carbocycles. The quantitative estimate of drug-likeness (QED) is 0.214. The number of fused-ring (bicyclic) bond motifs is 1. The molecule has 1 aliphatic heterocycles. The van der Waals surface area contributed by atoms with Gasteiger partial charge in [-0.25, -0.2) is 32.5 Å². The number of ether oxygens (including phenoxy) is 2. The number of aliphatic imine (C=N–C) groups is 1. The second-order valence-electron chi connectivity index (χ2n) is 8.41. The predicted molar refractivity (Wildman–Crippen MR) is 130 cm³/mol. The van der Waals surface area contributed by atoms with Crippen LogP contribution in [0.2, 0.25) is 0 Å². The summed E-state index contributed by atoms with van der Waals surface area (Å²) in [4.78, 5) is 23.0. The molecule has 0 N–H and O–H groups in total. The Morgan fingerprint density at radius 1 is 1.03 bits per heavy atom. The molecule has 8 nitrogen and oxygen atoms in total. The van der Waals surface area contributed by atoms with E-state index in [1.54, 1.807) is 12.3 Å². The number of carbonyl (C=O) groups is 1. The third kappa shape index (κ3) is 4.59. The van der Waals surface area contributed by atoms with Crippen LogP contribution in [0, 0.1) is 17.5 Å². The molecule has 0 amide bonds. The lowest BCUT2D eigenvalue weighted by Crippen LogP contribution is -2.24. The standard InChI is InChI=1S/C26H22F3N5O3/c1-36-25(31-16-6-8-21(29)18(13-16)26(35)37-2)19-14-30-34-11-9-23(32-24(19)34)33-10-3-4-22(33)17-12-15(27)5-7-20(17)28/h5-9,11-14,22H,3-4,10H2,1-2H3. The summed E-state index contributed by atoms with van der Waals surface area (Å²) in [5.41, 5.74) is 1.14. The van der Waals surface area contributed by atoms with Crippen LogP contribution in [-0.2, 0) is 9.47 Å². The molecule has 0 aliphatic carbocycles. The number of hydrogen-bond acceptors (Lipinski definition) is 7. The van der Waals surface area contributed by atoms with Crippen molar-refractivity contribution in [2.24, 2.45) is 4.99 Å². The second-order valence-corrected chi connectivity index (χ2v) is 8.41. The third-order valence-electron chi connectivity index (χ3n) is 6.23. The van der Waals surface area contributed by atoms with Crippen LogP contribution in [0.25, 0.3) is 5.65 Å². The van der Waals surface area contributed by atoms with E-state index in [1.807, 2.05) is 4.90 Å². The second kappa shape index (κ2) is 9.92. The summed E-state index contributed by atoms with van der Waals surface area (Å²) in [7, 11) is 2.58. The van der Waals surface area contributed by atoms with E-state index < -0.39 is 23.4 Å². The summed E-state index contributed by atoms with van der Waals surface area (Å²) in [6.45, 7) is 0.615. The van der Waals surface area contributed by atoms with Gasteiger partial charge in [0.25, 0.3) is 0 Å². The van der Waals surface area contributed by atoms with E-state index in [0.29, 0.717) is 30.0 Å². The van der Waals surface area contributed by atoms with Gasteiger partial charge in [0, 0.05) is 18.3 Å². The van der Waals surface area contributed by atoms with E-state index in [1.165, 1.54) is 36.0 Å². The Kier molecular flexibility index (Phi) is 6.51. The highest BCUT2D eigenvalue weighted by atomic mass is 19.1. The van der Waals surface area contributed by atoms with E-state index in [4.69, 9.17) is 9.72 Å². The van der Waals surface area contributed by atoms with Crippen molar-refractivity contribution < 1.29 is 27.4 Å². The van der Waals surface area contributed by atoms with Crippen LogP contribution in [0.4, 0.5) is 24.7 Å². The fourth-order valence-electron chi connectivity index (χ4n) is 4.49. The molecule has 0 saturated carbocycles. The topological polar surface area (TPSA) is 81.3 Å². The van der Waals surface area contributed by atoms with Gasteiger partial charge in [-0.3, -0.25) is 0 Å². The maximum Gasteiger partial charge on any atom is 0.340 e. The van der Waals surface area contributed by atoms with Crippen molar-refractivity contribution in [2.45, 2.75) is 18.9 Å². The molecule has 11 heteroatoms. The maximum atomic E-state index is 14.6. The summed E-state index contributed by atoms with van der Waals surface area (Å²) < 4.78 is 54.1. The van der Waals surface area contributed by atoms with Crippen molar-refractivity contribution in [3.05, 3.63) is 89.0 Å². The molecule has 0 bridgehead atoms. The van der Waals surface area contributed by atoms with Crippen molar-refractivity contribution >= 4 is 29.0 Å². The zero-order valence-corrected chi connectivity index (χ0v) is 20.0. The number of esters is 1. The van der Waals surface area contributed by atoms with Gasteiger partial charge in [-0.15, -0.1) is 0 Å². The minimum absolute atomic E-state index is 0.135.